The first-order valence-corrected chi connectivity index (χ1v) is 9.86. The number of hydrogen-bond donors (Lipinski definition) is 1. The predicted molar refractivity (Wildman–Crippen MR) is 104 cm³/mol. The average molecular weight is 354 g/mol. The monoisotopic (exact) mass is 354 g/mol. The molecule has 0 unspecified atom stereocenters. The Hall–Kier alpha value is -2.06. The number of para-hydroxylation sites is 1. The third kappa shape index (κ3) is 4.56. The average Bonchev–Trinajstić information content (AvgIpc) is 3.11. The molecule has 1 saturated heterocycles. The fourth-order valence-electron chi connectivity index (χ4n) is 4.23. The lowest BCUT2D eigenvalue weighted by atomic mass is 10.00. The summed E-state index contributed by atoms with van der Waals surface area (Å²) >= 11 is 0. The van der Waals surface area contributed by atoms with Gasteiger partial charge in [0.25, 0.3) is 0 Å². The summed E-state index contributed by atoms with van der Waals surface area (Å²) in [5.41, 5.74) is 1.92. The largest absolute Gasteiger partial charge is 0.371 e. The number of anilines is 1. The Labute approximate surface area is 157 Å². The highest BCUT2D eigenvalue weighted by atomic mass is 16.2. The zero-order valence-corrected chi connectivity index (χ0v) is 15.8. The van der Waals surface area contributed by atoms with Gasteiger partial charge in [-0.25, -0.2) is 0 Å². The molecule has 5 nitrogen and oxygen atoms in total. The quantitative estimate of drug-likeness (QED) is 0.853. The van der Waals surface area contributed by atoms with Crippen LogP contribution in [0.5, 0.6) is 0 Å². The number of carbonyl (C=O) groups excluding carboxylic acids is 1. The highest BCUT2D eigenvalue weighted by Gasteiger charge is 2.35. The molecule has 0 spiro atoms. The molecule has 2 aliphatic rings. The Balaban J connectivity index is 1.59. The van der Waals surface area contributed by atoms with E-state index in [1.54, 1.807) is 0 Å². The Morgan fingerprint density at radius 3 is 2.58 bits per heavy atom. The first kappa shape index (κ1) is 18.7. The van der Waals surface area contributed by atoms with Gasteiger partial charge in [0.15, 0.2) is 0 Å². The van der Waals surface area contributed by atoms with Gasteiger partial charge in [0, 0.05) is 25.3 Å². The van der Waals surface area contributed by atoms with Crippen molar-refractivity contribution in [3.63, 3.8) is 0 Å². The second kappa shape index (κ2) is 8.55. The number of amides is 1. The van der Waals surface area contributed by atoms with Gasteiger partial charge in [0.1, 0.15) is 5.54 Å². The highest BCUT2D eigenvalue weighted by molar-refractivity contribution is 5.79. The third-order valence-corrected chi connectivity index (χ3v) is 5.59. The number of rotatable bonds is 6. The van der Waals surface area contributed by atoms with E-state index < -0.39 is 5.54 Å². The number of piperidine rings is 1. The van der Waals surface area contributed by atoms with Crippen LogP contribution in [0.1, 0.15) is 50.5 Å². The van der Waals surface area contributed by atoms with E-state index in [2.05, 4.69) is 40.6 Å². The maximum absolute atomic E-state index is 12.4. The van der Waals surface area contributed by atoms with Gasteiger partial charge in [-0.3, -0.25) is 9.69 Å². The minimum Gasteiger partial charge on any atom is -0.371 e. The van der Waals surface area contributed by atoms with E-state index in [0.29, 0.717) is 6.54 Å². The van der Waals surface area contributed by atoms with Crippen LogP contribution < -0.4 is 10.2 Å². The van der Waals surface area contributed by atoms with Crippen LogP contribution in [-0.2, 0) is 11.3 Å². The Morgan fingerprint density at radius 2 is 1.88 bits per heavy atom. The second-order valence-corrected chi connectivity index (χ2v) is 7.80. The molecule has 0 bridgehead atoms. The molecular weight excluding hydrogens is 324 g/mol. The molecule has 3 rings (SSSR count). The number of nitrogens with zero attached hydrogens (tertiary/aromatic N) is 3. The molecule has 1 N–H and O–H groups in total. The van der Waals surface area contributed by atoms with Crippen LogP contribution in [0.2, 0.25) is 0 Å². The Kier molecular flexibility index (Phi) is 6.16. The standard InChI is InChI=1S/C21H30N4O/c1-24(16-20(26)23-21(17-22)11-5-6-12-21)15-18-9-3-4-10-19(18)25-13-7-2-8-14-25/h3-4,9-10H,2,5-8,11-16H2,1H3,(H,23,26). The van der Waals surface area contributed by atoms with E-state index in [1.165, 1.54) is 30.5 Å². The van der Waals surface area contributed by atoms with E-state index >= 15 is 0 Å². The van der Waals surface area contributed by atoms with Crippen LogP contribution in [0, 0.1) is 11.3 Å². The molecule has 140 valence electrons. The fourth-order valence-corrected chi connectivity index (χ4v) is 4.23. The van der Waals surface area contributed by atoms with Crippen molar-refractivity contribution in [2.24, 2.45) is 0 Å². The van der Waals surface area contributed by atoms with E-state index in [4.69, 9.17) is 0 Å². The molecule has 1 aliphatic carbocycles. The summed E-state index contributed by atoms with van der Waals surface area (Å²) in [5, 5.41) is 12.4. The summed E-state index contributed by atoms with van der Waals surface area (Å²) in [6.45, 7) is 3.29. The van der Waals surface area contributed by atoms with Gasteiger partial charge in [0.2, 0.25) is 5.91 Å². The Bertz CT molecular complexity index is 654. The van der Waals surface area contributed by atoms with E-state index in [-0.39, 0.29) is 5.91 Å². The summed E-state index contributed by atoms with van der Waals surface area (Å²) in [6.07, 6.45) is 7.41. The number of benzene rings is 1. The lowest BCUT2D eigenvalue weighted by Gasteiger charge is -2.31. The second-order valence-electron chi connectivity index (χ2n) is 7.80. The number of carbonyl (C=O) groups is 1. The van der Waals surface area contributed by atoms with E-state index in [1.807, 2.05) is 11.9 Å². The van der Waals surface area contributed by atoms with Crippen molar-refractivity contribution < 1.29 is 4.79 Å². The van der Waals surface area contributed by atoms with Gasteiger partial charge in [-0.15, -0.1) is 0 Å². The molecule has 1 saturated carbocycles. The van der Waals surface area contributed by atoms with Crippen molar-refractivity contribution in [1.29, 1.82) is 5.26 Å². The molecular formula is C21H30N4O. The fraction of sp³-hybridized carbons (Fsp3) is 0.619. The molecule has 1 aromatic carbocycles. The lowest BCUT2D eigenvalue weighted by Crippen LogP contribution is -2.48. The SMILES string of the molecule is CN(CC(=O)NC1(C#N)CCCC1)Cc1ccccc1N1CCCCC1. The van der Waals surface area contributed by atoms with Crippen molar-refractivity contribution in [3.8, 4) is 6.07 Å². The number of nitriles is 1. The maximum atomic E-state index is 12.4. The van der Waals surface area contributed by atoms with Gasteiger partial charge in [0.05, 0.1) is 12.6 Å². The van der Waals surface area contributed by atoms with Crippen LogP contribution in [0.4, 0.5) is 5.69 Å². The minimum atomic E-state index is -0.635. The van der Waals surface area contributed by atoms with E-state index in [0.717, 1.165) is 45.3 Å². The Morgan fingerprint density at radius 1 is 1.19 bits per heavy atom. The summed E-state index contributed by atoms with van der Waals surface area (Å²) in [4.78, 5) is 16.9. The molecule has 5 heteroatoms. The lowest BCUT2D eigenvalue weighted by molar-refractivity contribution is -0.123. The molecule has 1 amide bonds. The predicted octanol–water partition coefficient (Wildman–Crippen LogP) is 3.06. The van der Waals surface area contributed by atoms with Gasteiger partial charge in [-0.05, 0) is 63.6 Å². The van der Waals surface area contributed by atoms with Crippen LogP contribution in [-0.4, -0.2) is 43.0 Å². The molecule has 1 heterocycles. The first-order chi connectivity index (χ1) is 12.6. The van der Waals surface area contributed by atoms with Crippen LogP contribution in [0.15, 0.2) is 24.3 Å². The third-order valence-electron chi connectivity index (χ3n) is 5.59. The van der Waals surface area contributed by atoms with Crippen LogP contribution >= 0.6 is 0 Å². The molecule has 1 aromatic rings. The smallest absolute Gasteiger partial charge is 0.235 e. The topological polar surface area (TPSA) is 59.4 Å². The van der Waals surface area contributed by atoms with Crippen LogP contribution in [0.3, 0.4) is 0 Å². The maximum Gasteiger partial charge on any atom is 0.235 e. The number of likely N-dealkylation sites (N-methyl/N-ethyl adjacent to an activating group) is 1. The van der Waals surface area contributed by atoms with Gasteiger partial charge >= 0.3 is 0 Å². The molecule has 0 atom stereocenters. The number of nitrogens with one attached hydrogen (secondary N) is 1. The summed E-state index contributed by atoms with van der Waals surface area (Å²) in [6, 6.07) is 10.8. The van der Waals surface area contributed by atoms with Gasteiger partial charge in [-0.1, -0.05) is 18.2 Å². The normalized spacial score (nSPS) is 19.3. The molecule has 26 heavy (non-hydrogen) atoms. The first-order valence-electron chi connectivity index (χ1n) is 9.86. The molecule has 2 fully saturated rings. The number of hydrogen-bond acceptors (Lipinski definition) is 4. The zero-order chi connectivity index (χ0) is 18.4. The van der Waals surface area contributed by atoms with Gasteiger partial charge < -0.3 is 10.2 Å². The molecule has 0 aromatic heterocycles. The van der Waals surface area contributed by atoms with Crippen molar-refractivity contribution >= 4 is 11.6 Å². The van der Waals surface area contributed by atoms with Crippen molar-refractivity contribution in [2.45, 2.75) is 57.0 Å². The minimum absolute atomic E-state index is 0.0496. The molecule has 0 radical (unpaired) electrons. The van der Waals surface area contributed by atoms with E-state index in [9.17, 15) is 10.1 Å². The summed E-state index contributed by atoms with van der Waals surface area (Å²) in [7, 11) is 1.97. The van der Waals surface area contributed by atoms with Gasteiger partial charge in [-0.2, -0.15) is 5.26 Å². The summed E-state index contributed by atoms with van der Waals surface area (Å²) < 4.78 is 0. The van der Waals surface area contributed by atoms with Crippen molar-refractivity contribution in [1.82, 2.24) is 10.2 Å². The molecule has 1 aliphatic heterocycles. The highest BCUT2D eigenvalue weighted by Crippen LogP contribution is 2.29. The van der Waals surface area contributed by atoms with Crippen LogP contribution in [0.25, 0.3) is 0 Å². The van der Waals surface area contributed by atoms with Crippen molar-refractivity contribution in [3.05, 3.63) is 29.8 Å². The summed E-state index contributed by atoms with van der Waals surface area (Å²) in [5.74, 6) is -0.0496. The van der Waals surface area contributed by atoms with Crippen molar-refractivity contribution in [2.75, 3.05) is 31.6 Å². The zero-order valence-electron chi connectivity index (χ0n) is 15.8.